The molecule has 0 bridgehead atoms. The van der Waals surface area contributed by atoms with Crippen LogP contribution in [0.5, 0.6) is 0 Å². The molecule has 0 heterocycles. The van der Waals surface area contributed by atoms with Crippen molar-refractivity contribution >= 4 is 35.8 Å². The lowest BCUT2D eigenvalue weighted by molar-refractivity contribution is -0.121. The molecule has 154 valence electrons. The molecule has 3 N–H and O–H groups in total. The number of guanidine groups is 1. The quantitative estimate of drug-likeness (QED) is 0.174. The largest absolute Gasteiger partial charge is 0.357 e. The van der Waals surface area contributed by atoms with Crippen LogP contribution in [0.25, 0.3) is 0 Å². The molecular formula is C19H40IN5O. The number of amides is 1. The first-order chi connectivity index (χ1) is 11.9. The van der Waals surface area contributed by atoms with E-state index < -0.39 is 0 Å². The summed E-state index contributed by atoms with van der Waals surface area (Å²) in [5.74, 6) is 1.02. The lowest BCUT2D eigenvalue weighted by atomic mass is 10.2. The fourth-order valence-electron chi connectivity index (χ4n) is 2.88. The number of carbonyl (C=O) groups is 1. The molecule has 1 rings (SSSR count). The predicted molar refractivity (Wildman–Crippen MR) is 121 cm³/mol. The Hall–Kier alpha value is -0.570. The average Bonchev–Trinajstić information content (AvgIpc) is 3.34. The van der Waals surface area contributed by atoms with Gasteiger partial charge >= 0.3 is 0 Å². The van der Waals surface area contributed by atoms with E-state index in [1.165, 1.54) is 0 Å². The maximum atomic E-state index is 11.7. The van der Waals surface area contributed by atoms with Crippen molar-refractivity contribution in [3.05, 3.63) is 0 Å². The van der Waals surface area contributed by atoms with Crippen LogP contribution in [0.2, 0.25) is 0 Å². The van der Waals surface area contributed by atoms with E-state index in [1.807, 2.05) is 0 Å². The van der Waals surface area contributed by atoms with E-state index in [0.717, 1.165) is 51.3 Å². The summed E-state index contributed by atoms with van der Waals surface area (Å²) in [7, 11) is 0. The summed E-state index contributed by atoms with van der Waals surface area (Å²) >= 11 is 0. The molecule has 0 aromatic heterocycles. The van der Waals surface area contributed by atoms with Crippen molar-refractivity contribution in [2.24, 2.45) is 4.99 Å². The summed E-state index contributed by atoms with van der Waals surface area (Å²) in [4.78, 5) is 18.7. The highest BCUT2D eigenvalue weighted by molar-refractivity contribution is 14.0. The Balaban J connectivity index is 0.00000625. The van der Waals surface area contributed by atoms with Gasteiger partial charge < -0.3 is 16.0 Å². The predicted octanol–water partition coefficient (Wildman–Crippen LogP) is 2.73. The van der Waals surface area contributed by atoms with Crippen LogP contribution in [-0.4, -0.2) is 61.1 Å². The molecule has 1 aliphatic carbocycles. The Morgan fingerprint density at radius 1 is 1.12 bits per heavy atom. The van der Waals surface area contributed by atoms with Crippen LogP contribution in [0, 0.1) is 0 Å². The number of nitrogens with zero attached hydrogens (tertiary/aromatic N) is 2. The summed E-state index contributed by atoms with van der Waals surface area (Å²) in [5.41, 5.74) is 0. The molecule has 1 amide bonds. The monoisotopic (exact) mass is 481 g/mol. The van der Waals surface area contributed by atoms with Gasteiger partial charge in [-0.15, -0.1) is 24.0 Å². The lowest BCUT2D eigenvalue weighted by Crippen LogP contribution is -2.41. The minimum absolute atomic E-state index is 0. The number of hydrogen-bond donors (Lipinski definition) is 3. The molecule has 0 aromatic rings. The minimum atomic E-state index is 0. The van der Waals surface area contributed by atoms with Crippen LogP contribution in [0.1, 0.15) is 66.7 Å². The first-order valence-electron chi connectivity index (χ1n) is 10.0. The van der Waals surface area contributed by atoms with Crippen molar-refractivity contribution < 1.29 is 4.79 Å². The van der Waals surface area contributed by atoms with Crippen LogP contribution >= 0.6 is 24.0 Å². The maximum Gasteiger partial charge on any atom is 0.220 e. The van der Waals surface area contributed by atoms with Crippen LogP contribution in [0.3, 0.4) is 0 Å². The zero-order chi connectivity index (χ0) is 18.7. The highest BCUT2D eigenvalue weighted by atomic mass is 127. The number of rotatable bonds is 12. The zero-order valence-corrected chi connectivity index (χ0v) is 19.6. The molecule has 0 saturated heterocycles. The van der Waals surface area contributed by atoms with Gasteiger partial charge in [0.05, 0.1) is 0 Å². The Bertz CT molecular complexity index is 403. The van der Waals surface area contributed by atoms with E-state index in [0.29, 0.717) is 31.1 Å². The zero-order valence-electron chi connectivity index (χ0n) is 17.3. The second-order valence-electron chi connectivity index (χ2n) is 7.41. The summed E-state index contributed by atoms with van der Waals surface area (Å²) in [6.45, 7) is 14.6. The molecule has 6 nitrogen and oxygen atoms in total. The van der Waals surface area contributed by atoms with Gasteiger partial charge in [-0.3, -0.25) is 14.7 Å². The SMILES string of the molecule is CCNC(=NCCCC(=O)NC1CC1)NCCCN(C(C)C)C(C)C.I. The van der Waals surface area contributed by atoms with Crippen molar-refractivity contribution in [1.82, 2.24) is 20.9 Å². The highest BCUT2D eigenvalue weighted by Crippen LogP contribution is 2.18. The fraction of sp³-hybridized carbons (Fsp3) is 0.895. The van der Waals surface area contributed by atoms with E-state index in [-0.39, 0.29) is 29.9 Å². The van der Waals surface area contributed by atoms with E-state index in [2.05, 4.69) is 60.5 Å². The molecule has 0 atom stereocenters. The molecular weight excluding hydrogens is 441 g/mol. The molecule has 0 spiro atoms. The number of aliphatic imine (C=N–C) groups is 1. The van der Waals surface area contributed by atoms with Gasteiger partial charge in [0.25, 0.3) is 0 Å². The van der Waals surface area contributed by atoms with E-state index >= 15 is 0 Å². The molecule has 1 fully saturated rings. The number of carbonyl (C=O) groups excluding carboxylic acids is 1. The Labute approximate surface area is 177 Å². The van der Waals surface area contributed by atoms with Gasteiger partial charge in [-0.05, 0) is 60.3 Å². The first kappa shape index (κ1) is 25.4. The second kappa shape index (κ2) is 14.5. The number of halogens is 1. The summed E-state index contributed by atoms with van der Waals surface area (Å²) in [5, 5.41) is 9.68. The lowest BCUT2D eigenvalue weighted by Gasteiger charge is -2.30. The summed E-state index contributed by atoms with van der Waals surface area (Å²) < 4.78 is 0. The molecule has 1 saturated carbocycles. The van der Waals surface area contributed by atoms with E-state index in [9.17, 15) is 4.79 Å². The Morgan fingerprint density at radius 2 is 1.77 bits per heavy atom. The van der Waals surface area contributed by atoms with Gasteiger partial charge in [-0.1, -0.05) is 0 Å². The van der Waals surface area contributed by atoms with Gasteiger partial charge in [0.2, 0.25) is 5.91 Å². The van der Waals surface area contributed by atoms with Gasteiger partial charge in [0.15, 0.2) is 5.96 Å². The van der Waals surface area contributed by atoms with Crippen molar-refractivity contribution in [1.29, 1.82) is 0 Å². The van der Waals surface area contributed by atoms with Crippen molar-refractivity contribution in [2.75, 3.05) is 26.2 Å². The second-order valence-corrected chi connectivity index (χ2v) is 7.41. The molecule has 0 radical (unpaired) electrons. The summed E-state index contributed by atoms with van der Waals surface area (Å²) in [6, 6.07) is 1.60. The van der Waals surface area contributed by atoms with Crippen LogP contribution in [0.4, 0.5) is 0 Å². The standard InChI is InChI=1S/C19H39N5O.HI/c1-6-20-19(21-12-7-9-18(25)23-17-10-11-17)22-13-8-14-24(15(2)3)16(4)5;/h15-17H,6-14H2,1-5H3,(H,23,25)(H2,20,21,22);1H. The maximum absolute atomic E-state index is 11.7. The first-order valence-corrected chi connectivity index (χ1v) is 10.0. The molecule has 0 aliphatic heterocycles. The van der Waals surface area contributed by atoms with Gasteiger partial charge in [-0.2, -0.15) is 0 Å². The molecule has 26 heavy (non-hydrogen) atoms. The smallest absolute Gasteiger partial charge is 0.220 e. The highest BCUT2D eigenvalue weighted by Gasteiger charge is 2.22. The third-order valence-corrected chi connectivity index (χ3v) is 4.33. The average molecular weight is 481 g/mol. The Kier molecular flexibility index (Phi) is 14.2. The van der Waals surface area contributed by atoms with Gasteiger partial charge in [0, 0.05) is 50.7 Å². The van der Waals surface area contributed by atoms with E-state index in [4.69, 9.17) is 0 Å². The van der Waals surface area contributed by atoms with Crippen molar-refractivity contribution in [3.8, 4) is 0 Å². The molecule has 0 unspecified atom stereocenters. The molecule has 7 heteroatoms. The third kappa shape index (κ3) is 11.9. The normalized spacial score (nSPS) is 14.5. The van der Waals surface area contributed by atoms with Crippen LogP contribution < -0.4 is 16.0 Å². The Morgan fingerprint density at radius 3 is 2.31 bits per heavy atom. The number of hydrogen-bond acceptors (Lipinski definition) is 3. The third-order valence-electron chi connectivity index (χ3n) is 4.33. The van der Waals surface area contributed by atoms with Crippen LogP contribution in [0.15, 0.2) is 4.99 Å². The summed E-state index contributed by atoms with van der Waals surface area (Å²) in [6.07, 6.45) is 4.73. The molecule has 0 aromatic carbocycles. The number of nitrogens with one attached hydrogen (secondary N) is 3. The minimum Gasteiger partial charge on any atom is -0.357 e. The van der Waals surface area contributed by atoms with E-state index in [1.54, 1.807) is 0 Å². The van der Waals surface area contributed by atoms with Crippen LogP contribution in [-0.2, 0) is 4.79 Å². The fourth-order valence-corrected chi connectivity index (χ4v) is 2.88. The van der Waals surface area contributed by atoms with Crippen molar-refractivity contribution in [3.63, 3.8) is 0 Å². The van der Waals surface area contributed by atoms with Gasteiger partial charge in [0.1, 0.15) is 0 Å². The topological polar surface area (TPSA) is 68.8 Å². The van der Waals surface area contributed by atoms with Crippen molar-refractivity contribution in [2.45, 2.75) is 84.8 Å². The van der Waals surface area contributed by atoms with Gasteiger partial charge in [-0.25, -0.2) is 0 Å². The molecule has 1 aliphatic rings.